The summed E-state index contributed by atoms with van der Waals surface area (Å²) >= 11 is 5.78. The number of allylic oxidation sites excluding steroid dienone is 1. The lowest BCUT2D eigenvalue weighted by atomic mass is 10.2. The summed E-state index contributed by atoms with van der Waals surface area (Å²) in [5.41, 5.74) is 0.802. The van der Waals surface area contributed by atoms with Gasteiger partial charge >= 0.3 is 0 Å². The average molecular weight is 194 g/mol. The van der Waals surface area contributed by atoms with Gasteiger partial charge in [0.05, 0.1) is 13.2 Å². The van der Waals surface area contributed by atoms with Crippen molar-refractivity contribution in [3.63, 3.8) is 0 Å². The summed E-state index contributed by atoms with van der Waals surface area (Å²) < 4.78 is 5.08. The molecule has 0 fully saturated rings. The van der Waals surface area contributed by atoms with Gasteiger partial charge in [0.15, 0.2) is 0 Å². The molecule has 0 aliphatic heterocycles. The predicted octanol–water partition coefficient (Wildman–Crippen LogP) is 2.89. The first kappa shape index (κ1) is 9.63. The number of rotatable bonds is 2. The van der Waals surface area contributed by atoms with Crippen molar-refractivity contribution in [3.05, 3.63) is 34.9 Å². The third kappa shape index (κ3) is 2.50. The fourth-order valence-electron chi connectivity index (χ4n) is 0.963. The summed E-state index contributed by atoms with van der Waals surface area (Å²) in [5.74, 6) is 0.705. The lowest BCUT2D eigenvalue weighted by molar-refractivity contribution is 0.414. The second-order valence-corrected chi connectivity index (χ2v) is 2.79. The van der Waals surface area contributed by atoms with Crippen molar-refractivity contribution in [2.75, 3.05) is 7.11 Å². The van der Waals surface area contributed by atoms with E-state index in [9.17, 15) is 0 Å². The fraction of sp³-hybridized carbons (Fsp3) is 0.100. The van der Waals surface area contributed by atoms with Crippen LogP contribution in [0.1, 0.15) is 5.56 Å². The van der Waals surface area contributed by atoms with Crippen LogP contribution < -0.4 is 4.74 Å². The van der Waals surface area contributed by atoms with Crippen LogP contribution in [-0.4, -0.2) is 7.11 Å². The van der Waals surface area contributed by atoms with E-state index in [-0.39, 0.29) is 0 Å². The summed E-state index contributed by atoms with van der Waals surface area (Å²) in [6, 6.07) is 7.16. The van der Waals surface area contributed by atoms with Crippen LogP contribution in [0.4, 0.5) is 0 Å². The van der Waals surface area contributed by atoms with E-state index in [0.29, 0.717) is 10.8 Å². The third-order valence-corrected chi connectivity index (χ3v) is 1.76. The van der Waals surface area contributed by atoms with Gasteiger partial charge in [-0.2, -0.15) is 5.26 Å². The van der Waals surface area contributed by atoms with E-state index < -0.39 is 0 Å². The lowest BCUT2D eigenvalue weighted by Gasteiger charge is -2.03. The van der Waals surface area contributed by atoms with Gasteiger partial charge in [0.1, 0.15) is 5.75 Å². The molecule has 0 radical (unpaired) electrons. The van der Waals surface area contributed by atoms with Crippen LogP contribution in [0.2, 0.25) is 5.02 Å². The molecule has 0 bridgehead atoms. The Morgan fingerprint density at radius 2 is 2.31 bits per heavy atom. The molecule has 0 atom stereocenters. The molecule has 0 aromatic heterocycles. The van der Waals surface area contributed by atoms with Crippen molar-refractivity contribution < 1.29 is 4.74 Å². The highest BCUT2D eigenvalue weighted by Gasteiger charge is 1.99. The first-order valence-corrected chi connectivity index (χ1v) is 4.05. The van der Waals surface area contributed by atoms with Crippen molar-refractivity contribution in [2.45, 2.75) is 0 Å². The second-order valence-electron chi connectivity index (χ2n) is 2.35. The Labute approximate surface area is 82.0 Å². The molecule has 3 heteroatoms. The number of ether oxygens (including phenoxy) is 1. The zero-order chi connectivity index (χ0) is 9.68. The maximum absolute atomic E-state index is 8.35. The maximum atomic E-state index is 8.35. The molecule has 1 rings (SSSR count). The minimum absolute atomic E-state index is 0.624. The summed E-state index contributed by atoms with van der Waals surface area (Å²) in [6.45, 7) is 0. The molecule has 0 amide bonds. The number of halogens is 1. The molecule has 1 aromatic carbocycles. The standard InChI is InChI=1S/C10H8ClNO/c1-13-10-5-4-9(11)7-8(10)3-2-6-12/h2-5,7H,1H3. The molecule has 0 saturated carbocycles. The van der Waals surface area contributed by atoms with E-state index in [2.05, 4.69) is 0 Å². The molecular formula is C10H8ClNO. The SMILES string of the molecule is COc1ccc(Cl)cc1C=CC#N. The first-order chi connectivity index (χ1) is 6.27. The average Bonchev–Trinajstić information content (AvgIpc) is 2.15. The van der Waals surface area contributed by atoms with Crippen molar-refractivity contribution in [1.82, 2.24) is 0 Å². The summed E-state index contributed by atoms with van der Waals surface area (Å²) in [4.78, 5) is 0. The molecule has 1 aromatic rings. The van der Waals surface area contributed by atoms with E-state index in [1.165, 1.54) is 6.08 Å². The van der Waals surface area contributed by atoms with Crippen LogP contribution >= 0.6 is 11.6 Å². The monoisotopic (exact) mass is 193 g/mol. The van der Waals surface area contributed by atoms with Crippen LogP contribution in [0.15, 0.2) is 24.3 Å². The normalized spacial score (nSPS) is 9.92. The quantitative estimate of drug-likeness (QED) is 0.677. The minimum Gasteiger partial charge on any atom is -0.496 e. The van der Waals surface area contributed by atoms with Crippen LogP contribution in [0.5, 0.6) is 5.75 Å². The Balaban J connectivity index is 3.10. The van der Waals surface area contributed by atoms with Gasteiger partial charge in [0.25, 0.3) is 0 Å². The van der Waals surface area contributed by atoms with Crippen LogP contribution in [0, 0.1) is 11.3 Å². The highest BCUT2D eigenvalue weighted by atomic mass is 35.5. The molecule has 0 aliphatic rings. The molecule has 0 aliphatic carbocycles. The first-order valence-electron chi connectivity index (χ1n) is 3.67. The Hall–Kier alpha value is -1.46. The van der Waals surface area contributed by atoms with E-state index in [4.69, 9.17) is 21.6 Å². The highest BCUT2D eigenvalue weighted by molar-refractivity contribution is 6.30. The molecule has 13 heavy (non-hydrogen) atoms. The Bertz CT molecular complexity index is 366. The Morgan fingerprint density at radius 3 is 2.92 bits per heavy atom. The predicted molar refractivity (Wildman–Crippen MR) is 52.7 cm³/mol. The van der Waals surface area contributed by atoms with Gasteiger partial charge in [-0.25, -0.2) is 0 Å². The van der Waals surface area contributed by atoms with E-state index >= 15 is 0 Å². The van der Waals surface area contributed by atoms with Crippen LogP contribution in [-0.2, 0) is 0 Å². The number of nitrogens with zero attached hydrogens (tertiary/aromatic N) is 1. The number of hydrogen-bond donors (Lipinski definition) is 0. The topological polar surface area (TPSA) is 33.0 Å². The van der Waals surface area contributed by atoms with Gasteiger partial charge in [-0.05, 0) is 24.3 Å². The van der Waals surface area contributed by atoms with Gasteiger partial charge in [-0.1, -0.05) is 11.6 Å². The van der Waals surface area contributed by atoms with Crippen LogP contribution in [0.3, 0.4) is 0 Å². The second kappa shape index (κ2) is 4.54. The molecule has 0 unspecified atom stereocenters. The number of benzene rings is 1. The molecule has 0 spiro atoms. The Morgan fingerprint density at radius 1 is 1.54 bits per heavy atom. The van der Waals surface area contributed by atoms with Gasteiger partial charge in [-0.3, -0.25) is 0 Å². The molecule has 0 N–H and O–H groups in total. The largest absolute Gasteiger partial charge is 0.496 e. The zero-order valence-corrected chi connectivity index (χ0v) is 7.88. The van der Waals surface area contributed by atoms with Crippen molar-refractivity contribution in [2.24, 2.45) is 0 Å². The molecule has 0 saturated heterocycles. The zero-order valence-electron chi connectivity index (χ0n) is 7.12. The van der Waals surface area contributed by atoms with Crippen molar-refractivity contribution in [3.8, 4) is 11.8 Å². The molecular weight excluding hydrogens is 186 g/mol. The van der Waals surface area contributed by atoms with Gasteiger partial charge in [-0.15, -0.1) is 0 Å². The van der Waals surface area contributed by atoms with Gasteiger partial charge < -0.3 is 4.74 Å². The maximum Gasteiger partial charge on any atom is 0.126 e. The van der Waals surface area contributed by atoms with E-state index in [1.54, 1.807) is 31.4 Å². The van der Waals surface area contributed by atoms with Crippen molar-refractivity contribution >= 4 is 17.7 Å². The molecule has 2 nitrogen and oxygen atoms in total. The number of hydrogen-bond acceptors (Lipinski definition) is 2. The minimum atomic E-state index is 0.624. The van der Waals surface area contributed by atoms with Gasteiger partial charge in [0.2, 0.25) is 0 Å². The summed E-state index contributed by atoms with van der Waals surface area (Å²) in [6.07, 6.45) is 3.04. The number of nitriles is 1. The summed E-state index contributed by atoms with van der Waals surface area (Å²) in [7, 11) is 1.58. The van der Waals surface area contributed by atoms with E-state index in [1.807, 2.05) is 6.07 Å². The fourth-order valence-corrected chi connectivity index (χ4v) is 1.14. The lowest BCUT2D eigenvalue weighted by Crippen LogP contribution is -1.85. The number of methoxy groups -OCH3 is 1. The third-order valence-electron chi connectivity index (χ3n) is 1.53. The van der Waals surface area contributed by atoms with Crippen LogP contribution in [0.25, 0.3) is 6.08 Å². The molecule has 0 heterocycles. The highest BCUT2D eigenvalue weighted by Crippen LogP contribution is 2.23. The van der Waals surface area contributed by atoms with Crippen molar-refractivity contribution in [1.29, 1.82) is 5.26 Å². The van der Waals surface area contributed by atoms with Gasteiger partial charge in [0, 0.05) is 16.7 Å². The Kier molecular flexibility index (Phi) is 3.36. The summed E-state index contributed by atoms with van der Waals surface area (Å²) in [5, 5.41) is 8.97. The molecule has 66 valence electrons. The van der Waals surface area contributed by atoms with E-state index in [0.717, 1.165) is 5.56 Å². The smallest absolute Gasteiger partial charge is 0.126 e.